The zero-order chi connectivity index (χ0) is 24.9. The Morgan fingerprint density at radius 2 is 1.80 bits per heavy atom. The number of benzene rings is 1. The SMILES string of the molecule is Cc1onc([C@H]2CC[C@H](c3nnc4n3-c3ccc(Cl)cc3CN(C(=O)OC(C)(C)C)C4)CC2)c1Cl. The van der Waals surface area contributed by atoms with Crippen LogP contribution in [0.4, 0.5) is 4.79 Å². The maximum Gasteiger partial charge on any atom is 0.411 e. The summed E-state index contributed by atoms with van der Waals surface area (Å²) in [6.07, 6.45) is 3.36. The molecular weight excluding hydrogens is 489 g/mol. The second-order valence-corrected chi connectivity index (χ2v) is 11.2. The standard InChI is InChI=1S/C25H29Cl2N5O3/c1-14-21(27)22(30-35-14)15-5-7-16(8-6-15)23-29-28-20-13-31(24(33)34-25(2,3)4)12-17-11-18(26)9-10-19(17)32(20)23/h9-11,15-16H,5-8,12-13H2,1-4H3/t15-,16-. The van der Waals surface area contributed by atoms with Crippen LogP contribution in [0.3, 0.4) is 0 Å². The van der Waals surface area contributed by atoms with Crippen molar-refractivity contribution in [3.05, 3.63) is 56.9 Å². The van der Waals surface area contributed by atoms with Gasteiger partial charge < -0.3 is 9.26 Å². The molecule has 3 aromatic rings. The molecule has 0 atom stereocenters. The highest BCUT2D eigenvalue weighted by molar-refractivity contribution is 6.31. The van der Waals surface area contributed by atoms with Gasteiger partial charge in [0.15, 0.2) is 11.6 Å². The van der Waals surface area contributed by atoms with E-state index in [2.05, 4.69) is 19.9 Å². The van der Waals surface area contributed by atoms with E-state index in [1.54, 1.807) is 4.90 Å². The van der Waals surface area contributed by atoms with Crippen molar-refractivity contribution in [2.24, 2.45) is 0 Å². The first kappa shape index (κ1) is 24.1. The van der Waals surface area contributed by atoms with Crippen LogP contribution in [0.1, 0.15) is 87.0 Å². The van der Waals surface area contributed by atoms with E-state index in [1.165, 1.54) is 0 Å². The molecule has 1 aliphatic carbocycles. The fourth-order valence-corrected chi connectivity index (χ4v) is 5.42. The maximum absolute atomic E-state index is 13.0. The summed E-state index contributed by atoms with van der Waals surface area (Å²) >= 11 is 12.7. The number of ether oxygens (including phenoxy) is 1. The van der Waals surface area contributed by atoms with E-state index >= 15 is 0 Å². The van der Waals surface area contributed by atoms with Crippen LogP contribution in [-0.4, -0.2) is 36.5 Å². The first-order valence-electron chi connectivity index (χ1n) is 11.9. The van der Waals surface area contributed by atoms with Gasteiger partial charge in [-0.15, -0.1) is 10.2 Å². The molecule has 0 spiro atoms. The first-order chi connectivity index (χ1) is 16.6. The Bertz CT molecular complexity index is 1250. The summed E-state index contributed by atoms with van der Waals surface area (Å²) in [5.41, 5.74) is 2.15. The van der Waals surface area contributed by atoms with E-state index < -0.39 is 5.60 Å². The predicted molar refractivity (Wildman–Crippen MR) is 132 cm³/mol. The molecule has 1 aromatic carbocycles. The Morgan fingerprint density at radius 1 is 1.09 bits per heavy atom. The van der Waals surface area contributed by atoms with E-state index in [0.29, 0.717) is 34.7 Å². The molecular formula is C25H29Cl2N5O3. The highest BCUT2D eigenvalue weighted by Crippen LogP contribution is 2.43. The molecule has 10 heteroatoms. The number of carbonyl (C=O) groups is 1. The fourth-order valence-electron chi connectivity index (χ4n) is 5.00. The van der Waals surface area contributed by atoms with Gasteiger partial charge in [-0.3, -0.25) is 9.47 Å². The predicted octanol–water partition coefficient (Wildman–Crippen LogP) is 6.56. The lowest BCUT2D eigenvalue weighted by Gasteiger charge is -2.27. The lowest BCUT2D eigenvalue weighted by molar-refractivity contribution is 0.0214. The van der Waals surface area contributed by atoms with Gasteiger partial charge in [-0.2, -0.15) is 0 Å². The van der Waals surface area contributed by atoms with Crippen LogP contribution >= 0.6 is 23.2 Å². The van der Waals surface area contributed by atoms with Gasteiger partial charge in [0.2, 0.25) is 0 Å². The highest BCUT2D eigenvalue weighted by Gasteiger charge is 2.34. The normalized spacial score (nSPS) is 20.2. The maximum atomic E-state index is 13.0. The Balaban J connectivity index is 1.44. The molecule has 2 aromatic heterocycles. The summed E-state index contributed by atoms with van der Waals surface area (Å²) in [6.45, 7) is 8.09. The molecule has 0 N–H and O–H groups in total. The van der Waals surface area contributed by atoms with Gasteiger partial charge in [0.05, 0.1) is 18.8 Å². The molecule has 0 saturated heterocycles. The Hall–Kier alpha value is -2.58. The van der Waals surface area contributed by atoms with Crippen molar-refractivity contribution < 1.29 is 14.1 Å². The van der Waals surface area contributed by atoms with E-state index in [-0.39, 0.29) is 17.9 Å². The molecule has 5 rings (SSSR count). The smallest absolute Gasteiger partial charge is 0.411 e. The fraction of sp³-hybridized carbons (Fsp3) is 0.520. The Labute approximate surface area is 214 Å². The van der Waals surface area contributed by atoms with Crippen LogP contribution in [-0.2, 0) is 17.8 Å². The monoisotopic (exact) mass is 517 g/mol. The summed E-state index contributed by atoms with van der Waals surface area (Å²) in [7, 11) is 0. The third-order valence-electron chi connectivity index (χ3n) is 6.68. The van der Waals surface area contributed by atoms with E-state index in [9.17, 15) is 4.79 Å². The van der Waals surface area contributed by atoms with E-state index in [0.717, 1.165) is 48.5 Å². The number of amides is 1. The van der Waals surface area contributed by atoms with Gasteiger partial charge in [-0.1, -0.05) is 28.4 Å². The zero-order valence-electron chi connectivity index (χ0n) is 20.3. The van der Waals surface area contributed by atoms with Crippen LogP contribution < -0.4 is 0 Å². The molecule has 1 aliphatic heterocycles. The second kappa shape index (κ2) is 9.13. The Kier molecular flexibility index (Phi) is 6.30. The minimum Gasteiger partial charge on any atom is -0.444 e. The number of aromatic nitrogens is 4. The number of fused-ring (bicyclic) bond motifs is 3. The number of carbonyl (C=O) groups excluding carboxylic acids is 1. The average molecular weight is 518 g/mol. The van der Waals surface area contributed by atoms with Gasteiger partial charge in [0, 0.05) is 16.9 Å². The molecule has 0 bridgehead atoms. The number of halogens is 2. The summed E-state index contributed by atoms with van der Waals surface area (Å²) in [5.74, 6) is 2.79. The zero-order valence-corrected chi connectivity index (χ0v) is 21.9. The third-order valence-corrected chi connectivity index (χ3v) is 7.37. The van der Waals surface area contributed by atoms with Crippen molar-refractivity contribution in [1.29, 1.82) is 0 Å². The molecule has 3 heterocycles. The van der Waals surface area contributed by atoms with Crippen molar-refractivity contribution in [2.45, 2.75) is 83.9 Å². The number of hydrogen-bond donors (Lipinski definition) is 0. The van der Waals surface area contributed by atoms with E-state index in [4.69, 9.17) is 32.5 Å². The summed E-state index contributed by atoms with van der Waals surface area (Å²) in [4.78, 5) is 14.6. The number of aryl methyl sites for hydroxylation is 1. The minimum atomic E-state index is -0.594. The minimum absolute atomic E-state index is 0.232. The van der Waals surface area contributed by atoms with Crippen LogP contribution in [0, 0.1) is 6.92 Å². The number of hydrogen-bond acceptors (Lipinski definition) is 6. The third kappa shape index (κ3) is 4.78. The van der Waals surface area contributed by atoms with Crippen molar-refractivity contribution in [1.82, 2.24) is 24.8 Å². The van der Waals surface area contributed by atoms with Gasteiger partial charge in [-0.25, -0.2) is 4.79 Å². The lowest BCUT2D eigenvalue weighted by Crippen LogP contribution is -2.35. The molecule has 1 saturated carbocycles. The molecule has 186 valence electrons. The average Bonchev–Trinajstić information content (AvgIpc) is 3.31. The van der Waals surface area contributed by atoms with Crippen LogP contribution in [0.2, 0.25) is 10.0 Å². The second-order valence-electron chi connectivity index (χ2n) is 10.4. The highest BCUT2D eigenvalue weighted by atomic mass is 35.5. The van der Waals surface area contributed by atoms with Gasteiger partial charge in [0.25, 0.3) is 0 Å². The molecule has 1 fully saturated rings. The van der Waals surface area contributed by atoms with Crippen LogP contribution in [0.5, 0.6) is 0 Å². The summed E-state index contributed by atoms with van der Waals surface area (Å²) in [6, 6.07) is 5.75. The van der Waals surface area contributed by atoms with Crippen molar-refractivity contribution in [2.75, 3.05) is 0 Å². The topological polar surface area (TPSA) is 86.3 Å². The molecule has 0 unspecified atom stereocenters. The van der Waals surface area contributed by atoms with Crippen LogP contribution in [0.25, 0.3) is 5.69 Å². The van der Waals surface area contributed by atoms with Crippen LogP contribution in [0.15, 0.2) is 22.7 Å². The molecule has 2 aliphatic rings. The largest absolute Gasteiger partial charge is 0.444 e. The summed E-state index contributed by atoms with van der Waals surface area (Å²) < 4.78 is 13.0. The van der Waals surface area contributed by atoms with Crippen molar-refractivity contribution in [3.63, 3.8) is 0 Å². The molecule has 35 heavy (non-hydrogen) atoms. The quantitative estimate of drug-likeness (QED) is 0.382. The van der Waals surface area contributed by atoms with Gasteiger partial charge in [-0.05, 0) is 77.1 Å². The van der Waals surface area contributed by atoms with Gasteiger partial charge in [0.1, 0.15) is 22.1 Å². The molecule has 1 amide bonds. The van der Waals surface area contributed by atoms with Crippen molar-refractivity contribution >= 4 is 29.3 Å². The van der Waals surface area contributed by atoms with E-state index in [1.807, 2.05) is 45.9 Å². The number of rotatable bonds is 2. The van der Waals surface area contributed by atoms with Crippen molar-refractivity contribution in [3.8, 4) is 5.69 Å². The number of nitrogens with zero attached hydrogens (tertiary/aromatic N) is 5. The van der Waals surface area contributed by atoms with Gasteiger partial charge >= 0.3 is 6.09 Å². The Morgan fingerprint density at radius 3 is 2.46 bits per heavy atom. The summed E-state index contributed by atoms with van der Waals surface area (Å²) in [5, 5.41) is 14.6. The molecule has 0 radical (unpaired) electrons. The molecule has 8 nitrogen and oxygen atoms in total. The lowest BCUT2D eigenvalue weighted by atomic mass is 9.80. The first-order valence-corrected chi connectivity index (χ1v) is 12.7.